The van der Waals surface area contributed by atoms with E-state index in [1.165, 1.54) is 0 Å². The van der Waals surface area contributed by atoms with Crippen molar-refractivity contribution in [2.45, 2.75) is 19.9 Å². The summed E-state index contributed by atoms with van der Waals surface area (Å²) in [5.41, 5.74) is 2.36. The van der Waals surface area contributed by atoms with Gasteiger partial charge in [-0.25, -0.2) is 9.97 Å². The number of hydrogen-bond acceptors (Lipinski definition) is 3. The summed E-state index contributed by atoms with van der Waals surface area (Å²) in [6.07, 6.45) is 2.61. The fraction of sp³-hybridized carbons (Fsp3) is 0.235. The Morgan fingerprint density at radius 2 is 2.04 bits per heavy atom. The zero-order chi connectivity index (χ0) is 16.2. The molecule has 0 saturated heterocycles. The topological polar surface area (TPSA) is 59.8 Å². The summed E-state index contributed by atoms with van der Waals surface area (Å²) < 4.78 is 1.84. The van der Waals surface area contributed by atoms with Gasteiger partial charge in [0.1, 0.15) is 17.9 Å². The van der Waals surface area contributed by atoms with Gasteiger partial charge in [-0.05, 0) is 42.8 Å². The monoisotopic (exact) mass is 328 g/mol. The molecule has 5 nitrogen and oxygen atoms in total. The van der Waals surface area contributed by atoms with Gasteiger partial charge >= 0.3 is 0 Å². The quantitative estimate of drug-likeness (QED) is 0.782. The molecule has 1 amide bonds. The number of carbonyl (C=O) groups excluding carboxylic acids is 1. The number of carbonyl (C=O) groups is 1. The van der Waals surface area contributed by atoms with Crippen LogP contribution in [0.1, 0.15) is 13.3 Å². The third kappa shape index (κ3) is 3.35. The Hall–Kier alpha value is -2.40. The third-order valence-corrected chi connectivity index (χ3v) is 3.73. The molecule has 1 aromatic carbocycles. The number of fused-ring (bicyclic) bond motifs is 1. The van der Waals surface area contributed by atoms with Crippen LogP contribution in [0.5, 0.6) is 0 Å². The Morgan fingerprint density at radius 3 is 2.78 bits per heavy atom. The summed E-state index contributed by atoms with van der Waals surface area (Å²) in [7, 11) is 0. The van der Waals surface area contributed by atoms with Crippen LogP contribution < -0.4 is 5.32 Å². The van der Waals surface area contributed by atoms with Crippen molar-refractivity contribution in [3.05, 3.63) is 47.6 Å². The highest BCUT2D eigenvalue weighted by molar-refractivity contribution is 6.30. The van der Waals surface area contributed by atoms with Gasteiger partial charge in [-0.15, -0.1) is 0 Å². The van der Waals surface area contributed by atoms with E-state index in [1.54, 1.807) is 6.20 Å². The van der Waals surface area contributed by atoms with E-state index in [0.29, 0.717) is 23.0 Å². The number of hydrogen-bond donors (Lipinski definition) is 1. The SMILES string of the molecule is CCCNC(=O)Cn1c(-c2ccc(Cl)cc2)nc2cccnc21. The van der Waals surface area contributed by atoms with Crippen molar-refractivity contribution in [2.75, 3.05) is 6.54 Å². The summed E-state index contributed by atoms with van der Waals surface area (Å²) in [6, 6.07) is 11.1. The summed E-state index contributed by atoms with van der Waals surface area (Å²) in [5, 5.41) is 3.55. The largest absolute Gasteiger partial charge is 0.355 e. The molecule has 0 atom stereocenters. The van der Waals surface area contributed by atoms with Gasteiger partial charge in [-0.2, -0.15) is 0 Å². The Morgan fingerprint density at radius 1 is 1.26 bits per heavy atom. The first-order valence-corrected chi connectivity index (χ1v) is 7.90. The second kappa shape index (κ2) is 6.79. The van der Waals surface area contributed by atoms with Crippen molar-refractivity contribution in [1.29, 1.82) is 0 Å². The van der Waals surface area contributed by atoms with Gasteiger partial charge in [0, 0.05) is 23.3 Å². The van der Waals surface area contributed by atoms with Crippen molar-refractivity contribution in [2.24, 2.45) is 0 Å². The van der Waals surface area contributed by atoms with E-state index in [-0.39, 0.29) is 12.5 Å². The van der Waals surface area contributed by atoms with Crippen LogP contribution >= 0.6 is 11.6 Å². The second-order valence-electron chi connectivity index (χ2n) is 5.22. The Kier molecular flexibility index (Phi) is 4.57. The number of nitrogens with one attached hydrogen (secondary N) is 1. The average Bonchev–Trinajstić information content (AvgIpc) is 2.92. The maximum Gasteiger partial charge on any atom is 0.240 e. The van der Waals surface area contributed by atoms with Gasteiger partial charge in [0.2, 0.25) is 5.91 Å². The molecular weight excluding hydrogens is 312 g/mol. The van der Waals surface area contributed by atoms with E-state index in [0.717, 1.165) is 17.5 Å². The number of amides is 1. The maximum atomic E-state index is 12.1. The molecule has 0 aliphatic heterocycles. The molecule has 6 heteroatoms. The summed E-state index contributed by atoms with van der Waals surface area (Å²) >= 11 is 5.96. The minimum Gasteiger partial charge on any atom is -0.355 e. The minimum atomic E-state index is -0.0491. The van der Waals surface area contributed by atoms with Crippen LogP contribution in [0.15, 0.2) is 42.6 Å². The highest BCUT2D eigenvalue weighted by Crippen LogP contribution is 2.24. The van der Waals surface area contributed by atoms with Crippen LogP contribution in [0, 0.1) is 0 Å². The molecule has 0 fully saturated rings. The molecule has 3 aromatic rings. The Balaban J connectivity index is 2.04. The first kappa shape index (κ1) is 15.5. The maximum absolute atomic E-state index is 12.1. The molecule has 1 N–H and O–H groups in total. The van der Waals surface area contributed by atoms with Crippen LogP contribution in [-0.4, -0.2) is 27.0 Å². The number of halogens is 1. The fourth-order valence-electron chi connectivity index (χ4n) is 2.39. The molecule has 3 rings (SSSR count). The van der Waals surface area contributed by atoms with E-state index in [9.17, 15) is 4.79 Å². The van der Waals surface area contributed by atoms with Gasteiger partial charge in [-0.3, -0.25) is 9.36 Å². The zero-order valence-corrected chi connectivity index (χ0v) is 13.5. The van der Waals surface area contributed by atoms with Gasteiger partial charge in [-0.1, -0.05) is 18.5 Å². The average molecular weight is 329 g/mol. The molecule has 0 unspecified atom stereocenters. The summed E-state index contributed by atoms with van der Waals surface area (Å²) in [4.78, 5) is 21.1. The molecule has 0 radical (unpaired) electrons. The normalized spacial score (nSPS) is 10.9. The molecule has 23 heavy (non-hydrogen) atoms. The highest BCUT2D eigenvalue weighted by Gasteiger charge is 2.15. The predicted molar refractivity (Wildman–Crippen MR) is 91.3 cm³/mol. The molecule has 0 aliphatic rings. The zero-order valence-electron chi connectivity index (χ0n) is 12.8. The fourth-order valence-corrected chi connectivity index (χ4v) is 2.52. The van der Waals surface area contributed by atoms with Crippen LogP contribution in [0.3, 0.4) is 0 Å². The lowest BCUT2D eigenvalue weighted by Crippen LogP contribution is -2.28. The number of pyridine rings is 1. The van der Waals surface area contributed by atoms with Crippen LogP contribution in [0.25, 0.3) is 22.6 Å². The van der Waals surface area contributed by atoms with Crippen LogP contribution in [-0.2, 0) is 11.3 Å². The van der Waals surface area contributed by atoms with Gasteiger partial charge in [0.05, 0.1) is 0 Å². The van der Waals surface area contributed by atoms with E-state index >= 15 is 0 Å². The molecule has 0 saturated carbocycles. The Labute approximate surface area is 139 Å². The van der Waals surface area contributed by atoms with Gasteiger partial charge in [0.15, 0.2) is 5.65 Å². The van der Waals surface area contributed by atoms with Gasteiger partial charge in [0.25, 0.3) is 0 Å². The Bertz CT molecular complexity index is 826. The lowest BCUT2D eigenvalue weighted by atomic mass is 10.2. The molecule has 2 aromatic heterocycles. The van der Waals surface area contributed by atoms with Crippen molar-refractivity contribution in [3.8, 4) is 11.4 Å². The predicted octanol–water partition coefficient (Wildman–Crippen LogP) is 3.28. The third-order valence-electron chi connectivity index (χ3n) is 3.48. The number of rotatable bonds is 5. The smallest absolute Gasteiger partial charge is 0.240 e. The lowest BCUT2D eigenvalue weighted by molar-refractivity contribution is -0.121. The van der Waals surface area contributed by atoms with E-state index < -0.39 is 0 Å². The summed E-state index contributed by atoms with van der Waals surface area (Å²) in [5.74, 6) is 0.661. The number of benzene rings is 1. The van der Waals surface area contributed by atoms with Crippen LogP contribution in [0.2, 0.25) is 5.02 Å². The number of nitrogens with zero attached hydrogens (tertiary/aromatic N) is 3. The van der Waals surface area contributed by atoms with Crippen molar-refractivity contribution >= 4 is 28.7 Å². The van der Waals surface area contributed by atoms with Crippen molar-refractivity contribution in [3.63, 3.8) is 0 Å². The van der Waals surface area contributed by atoms with Crippen LogP contribution in [0.4, 0.5) is 0 Å². The molecule has 2 heterocycles. The standard InChI is InChI=1S/C17H17ClN4O/c1-2-9-19-15(23)11-22-16(12-5-7-13(18)8-6-12)21-14-4-3-10-20-17(14)22/h3-8,10H,2,9,11H2,1H3,(H,19,23). The van der Waals surface area contributed by atoms with E-state index in [4.69, 9.17) is 11.6 Å². The van der Waals surface area contributed by atoms with Crippen molar-refractivity contribution in [1.82, 2.24) is 19.9 Å². The van der Waals surface area contributed by atoms with E-state index in [1.807, 2.05) is 47.9 Å². The number of aromatic nitrogens is 3. The first-order valence-electron chi connectivity index (χ1n) is 7.53. The highest BCUT2D eigenvalue weighted by atomic mass is 35.5. The molecular formula is C17H17ClN4O. The lowest BCUT2D eigenvalue weighted by Gasteiger charge is -2.09. The van der Waals surface area contributed by atoms with Crippen molar-refractivity contribution < 1.29 is 4.79 Å². The molecule has 0 bridgehead atoms. The summed E-state index contributed by atoms with van der Waals surface area (Å²) in [6.45, 7) is 2.87. The van der Waals surface area contributed by atoms with Gasteiger partial charge < -0.3 is 5.32 Å². The minimum absolute atomic E-state index is 0.0491. The second-order valence-corrected chi connectivity index (χ2v) is 5.66. The molecule has 0 spiro atoms. The number of imidazole rings is 1. The molecule has 118 valence electrons. The first-order chi connectivity index (χ1) is 11.2. The van der Waals surface area contributed by atoms with E-state index in [2.05, 4.69) is 15.3 Å². The molecule has 0 aliphatic carbocycles.